The van der Waals surface area contributed by atoms with Crippen LogP contribution in [0.4, 0.5) is 18.9 Å². The van der Waals surface area contributed by atoms with Gasteiger partial charge in [-0.15, -0.1) is 0 Å². The SMILES string of the molecule is CCCCCCc1ccc([N+](=O)[O-])cc1C(F)(F)F. The summed E-state index contributed by atoms with van der Waals surface area (Å²) in [5, 5.41) is 10.5. The van der Waals surface area contributed by atoms with E-state index in [1.165, 1.54) is 6.07 Å². The van der Waals surface area contributed by atoms with Gasteiger partial charge in [0, 0.05) is 12.1 Å². The van der Waals surface area contributed by atoms with Crippen LogP contribution >= 0.6 is 0 Å². The third-order valence-corrected chi connectivity index (χ3v) is 2.91. The molecule has 6 heteroatoms. The van der Waals surface area contributed by atoms with Crippen molar-refractivity contribution in [1.82, 2.24) is 0 Å². The Bertz CT molecular complexity index is 444. The number of hydrogen-bond acceptors (Lipinski definition) is 2. The maximum atomic E-state index is 12.8. The summed E-state index contributed by atoms with van der Waals surface area (Å²) in [5.74, 6) is 0. The fourth-order valence-electron chi connectivity index (χ4n) is 1.90. The predicted molar refractivity (Wildman–Crippen MR) is 65.9 cm³/mol. The van der Waals surface area contributed by atoms with E-state index >= 15 is 0 Å². The van der Waals surface area contributed by atoms with Crippen molar-refractivity contribution in [3.05, 3.63) is 39.4 Å². The van der Waals surface area contributed by atoms with Gasteiger partial charge < -0.3 is 0 Å². The number of unbranched alkanes of at least 4 members (excludes halogenated alkanes) is 3. The molecule has 0 aliphatic rings. The maximum absolute atomic E-state index is 12.8. The van der Waals surface area contributed by atoms with Crippen LogP contribution in [-0.4, -0.2) is 4.92 Å². The Kier molecular flexibility index (Phi) is 5.32. The number of aryl methyl sites for hydroxylation is 1. The van der Waals surface area contributed by atoms with Crippen LogP contribution < -0.4 is 0 Å². The number of alkyl halides is 3. The Morgan fingerprint density at radius 2 is 1.89 bits per heavy atom. The number of rotatable bonds is 6. The summed E-state index contributed by atoms with van der Waals surface area (Å²) in [6.45, 7) is 2.02. The van der Waals surface area contributed by atoms with Crippen molar-refractivity contribution in [2.75, 3.05) is 0 Å². The molecule has 0 saturated heterocycles. The average molecular weight is 275 g/mol. The first kappa shape index (κ1) is 15.5. The van der Waals surface area contributed by atoms with E-state index in [9.17, 15) is 23.3 Å². The van der Waals surface area contributed by atoms with Crippen LogP contribution in [0.3, 0.4) is 0 Å². The molecular formula is C13H16F3NO2. The number of nitrogens with zero attached hydrogens (tertiary/aromatic N) is 1. The molecule has 0 amide bonds. The molecule has 1 rings (SSSR count). The summed E-state index contributed by atoms with van der Waals surface area (Å²) in [4.78, 5) is 9.72. The predicted octanol–water partition coefficient (Wildman–Crippen LogP) is 4.74. The van der Waals surface area contributed by atoms with E-state index in [1.54, 1.807) is 0 Å². The van der Waals surface area contributed by atoms with Crippen LogP contribution in [0.2, 0.25) is 0 Å². The summed E-state index contributed by atoms with van der Waals surface area (Å²) in [6, 6.07) is 2.96. The molecule has 0 saturated carbocycles. The third kappa shape index (κ3) is 4.54. The van der Waals surface area contributed by atoms with Crippen LogP contribution in [0.5, 0.6) is 0 Å². The Morgan fingerprint density at radius 1 is 1.21 bits per heavy atom. The van der Waals surface area contributed by atoms with Crippen molar-refractivity contribution in [3.8, 4) is 0 Å². The minimum Gasteiger partial charge on any atom is -0.258 e. The molecule has 3 nitrogen and oxygen atoms in total. The van der Waals surface area contributed by atoms with Crippen LogP contribution in [0.25, 0.3) is 0 Å². The van der Waals surface area contributed by atoms with Gasteiger partial charge in [-0.1, -0.05) is 32.3 Å². The lowest BCUT2D eigenvalue weighted by Crippen LogP contribution is -2.10. The van der Waals surface area contributed by atoms with Crippen LogP contribution in [0, 0.1) is 10.1 Å². The summed E-state index contributed by atoms with van der Waals surface area (Å²) < 4.78 is 38.5. The average Bonchev–Trinajstić information content (AvgIpc) is 2.33. The van der Waals surface area contributed by atoms with Gasteiger partial charge in [-0.2, -0.15) is 13.2 Å². The van der Waals surface area contributed by atoms with E-state index in [4.69, 9.17) is 0 Å². The summed E-state index contributed by atoms with van der Waals surface area (Å²) in [6.07, 6.45) is -0.737. The standard InChI is InChI=1S/C13H16F3NO2/c1-2-3-4-5-6-10-7-8-11(17(18)19)9-12(10)13(14,15)16/h7-9H,2-6H2,1H3. The molecule has 0 atom stereocenters. The highest BCUT2D eigenvalue weighted by Crippen LogP contribution is 2.35. The molecule has 0 aromatic heterocycles. The minimum absolute atomic E-state index is 0.134. The van der Waals surface area contributed by atoms with Gasteiger partial charge >= 0.3 is 6.18 Å². The summed E-state index contributed by atoms with van der Waals surface area (Å²) in [7, 11) is 0. The molecular weight excluding hydrogens is 259 g/mol. The van der Waals surface area contributed by atoms with Crippen molar-refractivity contribution in [2.45, 2.75) is 45.2 Å². The zero-order valence-corrected chi connectivity index (χ0v) is 10.7. The molecule has 1 aromatic carbocycles. The smallest absolute Gasteiger partial charge is 0.258 e. The molecule has 0 aliphatic carbocycles. The van der Waals surface area contributed by atoms with Gasteiger partial charge in [-0.3, -0.25) is 10.1 Å². The van der Waals surface area contributed by atoms with Crippen molar-refractivity contribution in [2.24, 2.45) is 0 Å². The van der Waals surface area contributed by atoms with Crippen molar-refractivity contribution in [1.29, 1.82) is 0 Å². The number of halogens is 3. The van der Waals surface area contributed by atoms with E-state index in [2.05, 4.69) is 0 Å². The molecule has 0 radical (unpaired) electrons. The second-order valence-electron chi connectivity index (χ2n) is 4.41. The summed E-state index contributed by atoms with van der Waals surface area (Å²) >= 11 is 0. The number of hydrogen-bond donors (Lipinski definition) is 0. The zero-order chi connectivity index (χ0) is 14.5. The highest BCUT2D eigenvalue weighted by molar-refractivity contribution is 5.41. The molecule has 19 heavy (non-hydrogen) atoms. The zero-order valence-electron chi connectivity index (χ0n) is 10.7. The Hall–Kier alpha value is -1.59. The quantitative estimate of drug-likeness (QED) is 0.427. The first-order valence-electron chi connectivity index (χ1n) is 6.20. The molecule has 0 bridgehead atoms. The van der Waals surface area contributed by atoms with Gasteiger partial charge in [0.2, 0.25) is 0 Å². The van der Waals surface area contributed by atoms with Crippen molar-refractivity contribution in [3.63, 3.8) is 0 Å². The van der Waals surface area contributed by atoms with Gasteiger partial charge in [-0.05, 0) is 18.4 Å². The molecule has 0 spiro atoms. The number of benzene rings is 1. The van der Waals surface area contributed by atoms with Crippen LogP contribution in [-0.2, 0) is 12.6 Å². The topological polar surface area (TPSA) is 43.1 Å². The molecule has 0 heterocycles. The van der Waals surface area contributed by atoms with Crippen LogP contribution in [0.15, 0.2) is 18.2 Å². The molecule has 106 valence electrons. The number of nitro benzene ring substituents is 1. The first-order valence-corrected chi connectivity index (χ1v) is 6.20. The van der Waals surface area contributed by atoms with Crippen molar-refractivity contribution >= 4 is 5.69 Å². The van der Waals surface area contributed by atoms with E-state index in [1.807, 2.05) is 6.92 Å². The van der Waals surface area contributed by atoms with E-state index < -0.39 is 22.4 Å². The van der Waals surface area contributed by atoms with Gasteiger partial charge in [0.25, 0.3) is 5.69 Å². The normalized spacial score (nSPS) is 11.6. The lowest BCUT2D eigenvalue weighted by atomic mass is 10.00. The Labute approximate surface area is 109 Å². The van der Waals surface area contributed by atoms with Crippen LogP contribution in [0.1, 0.15) is 43.7 Å². The summed E-state index contributed by atoms with van der Waals surface area (Å²) in [5.41, 5.74) is -1.28. The minimum atomic E-state index is -4.55. The lowest BCUT2D eigenvalue weighted by molar-refractivity contribution is -0.385. The first-order chi connectivity index (χ1) is 8.86. The fourth-order valence-corrected chi connectivity index (χ4v) is 1.90. The highest BCUT2D eigenvalue weighted by atomic mass is 19.4. The van der Waals surface area contributed by atoms with Crippen molar-refractivity contribution < 1.29 is 18.1 Å². The molecule has 0 N–H and O–H groups in total. The molecule has 0 fully saturated rings. The van der Waals surface area contributed by atoms with Gasteiger partial charge in [0.05, 0.1) is 10.5 Å². The molecule has 0 aliphatic heterocycles. The lowest BCUT2D eigenvalue weighted by Gasteiger charge is -2.12. The fraction of sp³-hybridized carbons (Fsp3) is 0.538. The number of non-ortho nitro benzene ring substituents is 1. The number of nitro groups is 1. The van der Waals surface area contributed by atoms with E-state index in [0.717, 1.165) is 25.3 Å². The third-order valence-electron chi connectivity index (χ3n) is 2.91. The Morgan fingerprint density at radius 3 is 2.42 bits per heavy atom. The second-order valence-corrected chi connectivity index (χ2v) is 4.41. The monoisotopic (exact) mass is 275 g/mol. The van der Waals surface area contributed by atoms with E-state index in [-0.39, 0.29) is 5.56 Å². The van der Waals surface area contributed by atoms with Gasteiger partial charge in [-0.25, -0.2) is 0 Å². The van der Waals surface area contributed by atoms with Gasteiger partial charge in [0.1, 0.15) is 0 Å². The molecule has 0 unspecified atom stereocenters. The highest BCUT2D eigenvalue weighted by Gasteiger charge is 2.34. The maximum Gasteiger partial charge on any atom is 0.416 e. The Balaban J connectivity index is 2.93. The molecule has 1 aromatic rings. The largest absolute Gasteiger partial charge is 0.416 e. The second kappa shape index (κ2) is 6.54. The van der Waals surface area contributed by atoms with E-state index in [0.29, 0.717) is 18.9 Å². The van der Waals surface area contributed by atoms with Gasteiger partial charge in [0.15, 0.2) is 0 Å².